The van der Waals surface area contributed by atoms with E-state index >= 15 is 0 Å². The fourth-order valence-corrected chi connectivity index (χ4v) is 4.39. The van der Waals surface area contributed by atoms with Gasteiger partial charge in [-0.25, -0.2) is 4.98 Å². The zero-order chi connectivity index (χ0) is 20.8. The van der Waals surface area contributed by atoms with Crippen LogP contribution in [0.15, 0.2) is 18.3 Å². The Balaban J connectivity index is 1.60. The Kier molecular flexibility index (Phi) is 7.64. The van der Waals surface area contributed by atoms with E-state index in [1.807, 2.05) is 17.0 Å². The van der Waals surface area contributed by atoms with Crippen LogP contribution in [0.4, 0.5) is 5.82 Å². The van der Waals surface area contributed by atoms with Crippen LogP contribution >= 0.6 is 0 Å². The molecule has 3 rings (SSSR count). The molecule has 3 heterocycles. The smallest absolute Gasteiger partial charge is 0.255 e. The quantitative estimate of drug-likeness (QED) is 0.734. The Morgan fingerprint density at radius 1 is 1.10 bits per heavy atom. The van der Waals surface area contributed by atoms with Crippen LogP contribution in [0.5, 0.6) is 0 Å². The van der Waals surface area contributed by atoms with Crippen molar-refractivity contribution in [2.24, 2.45) is 11.8 Å². The zero-order valence-electron chi connectivity index (χ0n) is 18.3. The molecule has 1 atom stereocenters. The second-order valence-electron chi connectivity index (χ2n) is 8.83. The average molecular weight is 401 g/mol. The lowest BCUT2D eigenvalue weighted by Crippen LogP contribution is -2.42. The van der Waals surface area contributed by atoms with Crippen molar-refractivity contribution in [3.8, 4) is 0 Å². The maximum atomic E-state index is 13.0. The summed E-state index contributed by atoms with van der Waals surface area (Å²) in [5.74, 6) is 1.60. The van der Waals surface area contributed by atoms with E-state index in [1.165, 1.54) is 0 Å². The highest BCUT2D eigenvalue weighted by molar-refractivity contribution is 5.94. The molecule has 2 fully saturated rings. The third kappa shape index (κ3) is 5.78. The molecule has 0 saturated carbocycles. The number of hydrogen-bond donors (Lipinski definition) is 0. The van der Waals surface area contributed by atoms with Gasteiger partial charge < -0.3 is 14.7 Å². The summed E-state index contributed by atoms with van der Waals surface area (Å²) in [6.45, 7) is 12.9. The zero-order valence-corrected chi connectivity index (χ0v) is 18.3. The number of anilines is 1. The van der Waals surface area contributed by atoms with Crippen molar-refractivity contribution in [2.45, 2.75) is 46.5 Å². The van der Waals surface area contributed by atoms with Crippen LogP contribution in [-0.4, -0.2) is 72.3 Å². The number of likely N-dealkylation sites (tertiary alicyclic amines) is 1. The number of rotatable bonds is 6. The Morgan fingerprint density at radius 2 is 1.93 bits per heavy atom. The van der Waals surface area contributed by atoms with E-state index in [-0.39, 0.29) is 11.8 Å². The molecule has 160 valence electrons. The lowest BCUT2D eigenvalue weighted by Gasteiger charge is -2.32. The van der Waals surface area contributed by atoms with Crippen LogP contribution in [-0.2, 0) is 4.79 Å². The maximum Gasteiger partial charge on any atom is 0.255 e. The lowest BCUT2D eigenvalue weighted by molar-refractivity contribution is -0.124. The number of amides is 1. The first-order chi connectivity index (χ1) is 14.0. The summed E-state index contributed by atoms with van der Waals surface area (Å²) < 4.78 is 0. The first-order valence-electron chi connectivity index (χ1n) is 11.2. The van der Waals surface area contributed by atoms with Gasteiger partial charge in [-0.15, -0.1) is 0 Å². The number of ketones is 1. The van der Waals surface area contributed by atoms with Gasteiger partial charge in [-0.05, 0) is 50.4 Å². The van der Waals surface area contributed by atoms with Gasteiger partial charge in [0.1, 0.15) is 11.6 Å². The molecule has 1 aromatic heterocycles. The molecule has 0 aliphatic carbocycles. The fraction of sp³-hybridized carbons (Fsp3) is 0.696. The number of nitrogens with zero attached hydrogens (tertiary/aromatic N) is 4. The highest BCUT2D eigenvalue weighted by Crippen LogP contribution is 2.22. The molecule has 1 aromatic rings. The van der Waals surface area contributed by atoms with Crippen molar-refractivity contribution in [3.63, 3.8) is 0 Å². The number of piperidine rings is 1. The summed E-state index contributed by atoms with van der Waals surface area (Å²) in [6.07, 6.45) is 5.24. The fourth-order valence-electron chi connectivity index (χ4n) is 4.39. The second kappa shape index (κ2) is 10.2. The topological polar surface area (TPSA) is 56.8 Å². The standard InChI is InChI=1S/C23H36N4O2/c1-4-25-10-6-12-26(14-13-25)22-9-8-19(16-24-22)23(29)27-11-5-7-20(17-27)21(28)15-18(2)3/h8-9,16,18,20H,4-7,10-15,17H2,1-3H3/t20-/m1/s1. The normalized spacial score (nSPS) is 21.3. The highest BCUT2D eigenvalue weighted by atomic mass is 16.2. The third-order valence-electron chi connectivity index (χ3n) is 6.13. The molecule has 2 aliphatic heterocycles. The lowest BCUT2D eigenvalue weighted by atomic mass is 9.89. The molecule has 2 aliphatic rings. The number of likely N-dealkylation sites (N-methyl/N-ethyl adjacent to an activating group) is 1. The summed E-state index contributed by atoms with van der Waals surface area (Å²) in [7, 11) is 0. The molecule has 1 amide bonds. The highest BCUT2D eigenvalue weighted by Gasteiger charge is 2.29. The first-order valence-corrected chi connectivity index (χ1v) is 11.2. The average Bonchev–Trinajstić information content (AvgIpc) is 2.98. The van der Waals surface area contributed by atoms with Crippen LogP contribution in [0.1, 0.15) is 56.8 Å². The predicted molar refractivity (Wildman–Crippen MR) is 116 cm³/mol. The Morgan fingerprint density at radius 3 is 2.62 bits per heavy atom. The minimum absolute atomic E-state index is 0.000813. The predicted octanol–water partition coefficient (Wildman–Crippen LogP) is 3.08. The second-order valence-corrected chi connectivity index (χ2v) is 8.83. The molecular formula is C23H36N4O2. The Bertz CT molecular complexity index is 689. The summed E-state index contributed by atoms with van der Waals surface area (Å²) in [6, 6.07) is 3.87. The van der Waals surface area contributed by atoms with Crippen molar-refractivity contribution in [2.75, 3.05) is 50.7 Å². The van der Waals surface area contributed by atoms with Crippen molar-refractivity contribution >= 4 is 17.5 Å². The number of hydrogen-bond acceptors (Lipinski definition) is 5. The number of carbonyl (C=O) groups is 2. The molecule has 6 heteroatoms. The van der Waals surface area contributed by atoms with Gasteiger partial charge >= 0.3 is 0 Å². The summed E-state index contributed by atoms with van der Waals surface area (Å²) in [5, 5.41) is 0. The Hall–Kier alpha value is -1.95. The molecule has 0 spiro atoms. The Labute approximate surface area is 175 Å². The van der Waals surface area contributed by atoms with E-state index in [9.17, 15) is 9.59 Å². The van der Waals surface area contributed by atoms with Crippen LogP contribution in [0.25, 0.3) is 0 Å². The van der Waals surface area contributed by atoms with Crippen molar-refractivity contribution in [1.29, 1.82) is 0 Å². The molecule has 0 unspecified atom stereocenters. The van der Waals surface area contributed by atoms with Crippen LogP contribution in [0, 0.1) is 11.8 Å². The monoisotopic (exact) mass is 400 g/mol. The first kappa shape index (κ1) is 21.8. The molecule has 0 aromatic carbocycles. The number of carbonyl (C=O) groups excluding carboxylic acids is 2. The summed E-state index contributed by atoms with van der Waals surface area (Å²) >= 11 is 0. The van der Waals surface area contributed by atoms with Crippen LogP contribution in [0.2, 0.25) is 0 Å². The third-order valence-corrected chi connectivity index (χ3v) is 6.13. The number of Topliss-reactive ketones (excluding diaryl/α,β-unsaturated/α-hetero) is 1. The maximum absolute atomic E-state index is 13.0. The molecular weight excluding hydrogens is 364 g/mol. The molecule has 2 saturated heterocycles. The van der Waals surface area contributed by atoms with Gasteiger partial charge in [-0.3, -0.25) is 9.59 Å². The minimum atomic E-state index is -0.0130. The number of aromatic nitrogens is 1. The minimum Gasteiger partial charge on any atom is -0.355 e. The molecule has 0 bridgehead atoms. The molecule has 29 heavy (non-hydrogen) atoms. The molecule has 0 radical (unpaired) electrons. The van der Waals surface area contributed by atoms with Crippen molar-refractivity contribution in [1.82, 2.24) is 14.8 Å². The number of pyridine rings is 1. The van der Waals surface area contributed by atoms with E-state index in [2.05, 4.69) is 35.6 Å². The molecule has 6 nitrogen and oxygen atoms in total. The van der Waals surface area contributed by atoms with Gasteiger partial charge in [-0.2, -0.15) is 0 Å². The van der Waals surface area contributed by atoms with E-state index in [4.69, 9.17) is 0 Å². The van der Waals surface area contributed by atoms with Crippen LogP contribution < -0.4 is 4.90 Å². The van der Waals surface area contributed by atoms with Gasteiger partial charge in [0.2, 0.25) is 0 Å². The van der Waals surface area contributed by atoms with Gasteiger partial charge in [0, 0.05) is 51.3 Å². The van der Waals surface area contributed by atoms with Crippen molar-refractivity contribution in [3.05, 3.63) is 23.9 Å². The van der Waals surface area contributed by atoms with Gasteiger partial charge in [-0.1, -0.05) is 20.8 Å². The van der Waals surface area contributed by atoms with E-state index in [0.29, 0.717) is 30.2 Å². The van der Waals surface area contributed by atoms with Gasteiger partial charge in [0.15, 0.2) is 0 Å². The largest absolute Gasteiger partial charge is 0.355 e. The van der Waals surface area contributed by atoms with Gasteiger partial charge in [0.05, 0.1) is 5.56 Å². The SMILES string of the molecule is CCN1CCCN(c2ccc(C(=O)N3CCC[C@@H](C(=O)CC(C)C)C3)cn2)CC1. The van der Waals surface area contributed by atoms with E-state index < -0.39 is 0 Å². The van der Waals surface area contributed by atoms with Crippen molar-refractivity contribution < 1.29 is 9.59 Å². The summed E-state index contributed by atoms with van der Waals surface area (Å²) in [5.41, 5.74) is 0.621. The van der Waals surface area contributed by atoms with Crippen LogP contribution in [0.3, 0.4) is 0 Å². The van der Waals surface area contributed by atoms with Gasteiger partial charge in [0.25, 0.3) is 5.91 Å². The summed E-state index contributed by atoms with van der Waals surface area (Å²) in [4.78, 5) is 36.6. The molecule has 0 N–H and O–H groups in total. The van der Waals surface area contributed by atoms with E-state index in [0.717, 1.165) is 64.3 Å². The van der Waals surface area contributed by atoms with E-state index in [1.54, 1.807) is 6.20 Å².